The lowest BCUT2D eigenvalue weighted by molar-refractivity contribution is 0.400. The minimum absolute atomic E-state index is 0.100. The molecule has 0 spiro atoms. The molecule has 1 aliphatic heterocycles. The van der Waals surface area contributed by atoms with Crippen molar-refractivity contribution in [3.05, 3.63) is 96.1 Å². The van der Waals surface area contributed by atoms with Crippen LogP contribution in [-0.4, -0.2) is 5.85 Å². The van der Waals surface area contributed by atoms with Crippen LogP contribution in [0.4, 0.5) is 0 Å². The summed E-state index contributed by atoms with van der Waals surface area (Å²) in [4.78, 5) is 0. The van der Waals surface area contributed by atoms with Crippen molar-refractivity contribution in [3.63, 3.8) is 0 Å². The van der Waals surface area contributed by atoms with Crippen molar-refractivity contribution in [1.82, 2.24) is 0 Å². The van der Waals surface area contributed by atoms with E-state index in [-0.39, 0.29) is 11.9 Å². The Morgan fingerprint density at radius 3 is 1.75 bits per heavy atom. The lowest BCUT2D eigenvalue weighted by atomic mass is 10.1. The SMILES string of the molecule is Cc1ccc([C@@H]2O[C@H]2P(=O)(c2ccccc2)c2ccccc2)cc1. The van der Waals surface area contributed by atoms with E-state index in [0.717, 1.165) is 16.2 Å². The first-order valence-electron chi connectivity index (χ1n) is 8.12. The summed E-state index contributed by atoms with van der Waals surface area (Å²) in [5.41, 5.74) is 2.31. The molecule has 0 aromatic heterocycles. The van der Waals surface area contributed by atoms with E-state index in [1.165, 1.54) is 5.56 Å². The molecule has 0 radical (unpaired) electrons. The first-order valence-corrected chi connectivity index (χ1v) is 9.90. The monoisotopic (exact) mass is 334 g/mol. The molecule has 2 nitrogen and oxygen atoms in total. The topological polar surface area (TPSA) is 29.6 Å². The second-order valence-electron chi connectivity index (χ2n) is 6.19. The number of aryl methyl sites for hydroxylation is 1. The molecule has 120 valence electrons. The summed E-state index contributed by atoms with van der Waals surface area (Å²) >= 11 is 0. The van der Waals surface area contributed by atoms with Gasteiger partial charge in [-0.15, -0.1) is 0 Å². The summed E-state index contributed by atoms with van der Waals surface area (Å²) in [6.45, 7) is 2.06. The fourth-order valence-corrected chi connectivity index (χ4v) is 6.09. The minimum atomic E-state index is -2.84. The highest BCUT2D eigenvalue weighted by Gasteiger charge is 2.54. The number of rotatable bonds is 4. The quantitative estimate of drug-likeness (QED) is 0.523. The van der Waals surface area contributed by atoms with Gasteiger partial charge >= 0.3 is 0 Å². The Morgan fingerprint density at radius 1 is 0.750 bits per heavy atom. The molecule has 1 aliphatic rings. The van der Waals surface area contributed by atoms with E-state index in [9.17, 15) is 4.57 Å². The Hall–Kier alpha value is -2.15. The average molecular weight is 334 g/mol. The van der Waals surface area contributed by atoms with Crippen molar-refractivity contribution >= 4 is 17.8 Å². The fraction of sp³-hybridized carbons (Fsp3) is 0.143. The van der Waals surface area contributed by atoms with Crippen LogP contribution in [0.2, 0.25) is 0 Å². The van der Waals surface area contributed by atoms with Crippen LogP contribution in [0.1, 0.15) is 17.2 Å². The molecule has 3 aromatic rings. The van der Waals surface area contributed by atoms with Crippen molar-refractivity contribution in [3.8, 4) is 0 Å². The van der Waals surface area contributed by atoms with Gasteiger partial charge in [0.2, 0.25) is 0 Å². The van der Waals surface area contributed by atoms with Gasteiger partial charge in [-0.2, -0.15) is 0 Å². The van der Waals surface area contributed by atoms with Crippen LogP contribution in [-0.2, 0) is 9.30 Å². The van der Waals surface area contributed by atoms with Crippen molar-refractivity contribution in [2.45, 2.75) is 18.9 Å². The largest absolute Gasteiger partial charge is 0.356 e. The van der Waals surface area contributed by atoms with Gasteiger partial charge in [0.05, 0.1) is 0 Å². The molecule has 0 aliphatic carbocycles. The second kappa shape index (κ2) is 6.05. The highest BCUT2D eigenvalue weighted by atomic mass is 31.2. The van der Waals surface area contributed by atoms with Gasteiger partial charge in [0.1, 0.15) is 11.9 Å². The lowest BCUT2D eigenvalue weighted by Crippen LogP contribution is -2.19. The first-order chi connectivity index (χ1) is 11.7. The van der Waals surface area contributed by atoms with Crippen LogP contribution in [0.3, 0.4) is 0 Å². The molecule has 0 amide bonds. The molecule has 2 atom stereocenters. The highest BCUT2D eigenvalue weighted by Crippen LogP contribution is 2.63. The van der Waals surface area contributed by atoms with Gasteiger partial charge < -0.3 is 9.30 Å². The summed E-state index contributed by atoms with van der Waals surface area (Å²) in [6, 6.07) is 27.7. The van der Waals surface area contributed by atoms with Crippen molar-refractivity contribution in [1.29, 1.82) is 0 Å². The molecule has 1 saturated heterocycles. The van der Waals surface area contributed by atoms with E-state index < -0.39 is 7.14 Å². The van der Waals surface area contributed by atoms with Crippen molar-refractivity contribution in [2.24, 2.45) is 0 Å². The average Bonchev–Trinajstić information content (AvgIpc) is 3.44. The van der Waals surface area contributed by atoms with Gasteiger partial charge in [0, 0.05) is 10.6 Å². The molecule has 0 bridgehead atoms. The smallest absolute Gasteiger partial charge is 0.173 e. The van der Waals surface area contributed by atoms with Crippen LogP contribution in [0.25, 0.3) is 0 Å². The molecule has 1 heterocycles. The molecule has 3 aromatic carbocycles. The van der Waals surface area contributed by atoms with Gasteiger partial charge in [-0.3, -0.25) is 0 Å². The van der Waals surface area contributed by atoms with E-state index >= 15 is 0 Å². The molecule has 3 heteroatoms. The van der Waals surface area contributed by atoms with E-state index in [0.29, 0.717) is 0 Å². The number of ether oxygens (including phenoxy) is 1. The Labute approximate surface area is 142 Å². The van der Waals surface area contributed by atoms with Crippen LogP contribution < -0.4 is 10.6 Å². The molecule has 0 saturated carbocycles. The van der Waals surface area contributed by atoms with Crippen LogP contribution in [0.15, 0.2) is 84.9 Å². The third-order valence-electron chi connectivity index (χ3n) is 4.51. The summed E-state index contributed by atoms with van der Waals surface area (Å²) in [6.07, 6.45) is -0.100. The van der Waals surface area contributed by atoms with Crippen molar-refractivity contribution in [2.75, 3.05) is 0 Å². The predicted octanol–water partition coefficient (Wildman–Crippen LogP) is 4.41. The Morgan fingerprint density at radius 2 is 1.25 bits per heavy atom. The lowest BCUT2D eigenvalue weighted by Gasteiger charge is -2.17. The number of hydrogen-bond donors (Lipinski definition) is 0. The molecular weight excluding hydrogens is 315 g/mol. The maximum absolute atomic E-state index is 14.1. The second-order valence-corrected chi connectivity index (χ2v) is 9.04. The van der Waals surface area contributed by atoms with E-state index in [2.05, 4.69) is 31.2 Å². The Kier molecular flexibility index (Phi) is 3.88. The third kappa shape index (κ3) is 2.62. The normalized spacial score (nSPS) is 19.9. The number of epoxide rings is 1. The van der Waals surface area contributed by atoms with Gasteiger partial charge in [-0.05, 0) is 12.5 Å². The summed E-state index contributed by atoms with van der Waals surface area (Å²) in [5, 5.41) is 1.71. The van der Waals surface area contributed by atoms with Gasteiger partial charge in [-0.1, -0.05) is 90.5 Å². The van der Waals surface area contributed by atoms with Crippen LogP contribution >= 0.6 is 7.14 Å². The van der Waals surface area contributed by atoms with E-state index in [1.807, 2.05) is 60.7 Å². The first kappa shape index (κ1) is 15.4. The maximum atomic E-state index is 14.1. The standard InChI is InChI=1S/C21H19O2P/c1-16-12-14-17(15-13-16)20-21(23-20)24(22,18-8-4-2-5-9-18)19-10-6-3-7-11-19/h2-15,20-21H,1H3/t20-,21-/m0/s1. The van der Waals surface area contributed by atoms with E-state index in [1.54, 1.807) is 0 Å². The molecular formula is C21H19O2P. The van der Waals surface area contributed by atoms with E-state index in [4.69, 9.17) is 4.74 Å². The van der Waals surface area contributed by atoms with Crippen LogP contribution in [0.5, 0.6) is 0 Å². The molecule has 1 fully saturated rings. The van der Waals surface area contributed by atoms with Crippen LogP contribution in [0, 0.1) is 6.92 Å². The number of hydrogen-bond acceptors (Lipinski definition) is 2. The van der Waals surface area contributed by atoms with Gasteiger partial charge in [0.15, 0.2) is 7.14 Å². The predicted molar refractivity (Wildman–Crippen MR) is 98.6 cm³/mol. The zero-order valence-corrected chi connectivity index (χ0v) is 14.4. The number of benzene rings is 3. The third-order valence-corrected chi connectivity index (χ3v) is 7.75. The molecule has 24 heavy (non-hydrogen) atoms. The van der Waals surface area contributed by atoms with Crippen molar-refractivity contribution < 1.29 is 9.30 Å². The fourth-order valence-electron chi connectivity index (χ4n) is 3.12. The molecule has 0 unspecified atom stereocenters. The zero-order chi connectivity index (χ0) is 16.6. The maximum Gasteiger partial charge on any atom is 0.173 e. The summed E-state index contributed by atoms with van der Waals surface area (Å²) < 4.78 is 20.1. The summed E-state index contributed by atoms with van der Waals surface area (Å²) in [5.74, 6) is -0.287. The summed E-state index contributed by atoms with van der Waals surface area (Å²) in [7, 11) is -2.84. The van der Waals surface area contributed by atoms with Gasteiger partial charge in [-0.25, -0.2) is 0 Å². The zero-order valence-electron chi connectivity index (χ0n) is 13.5. The Bertz CT molecular complexity index is 829. The Balaban J connectivity index is 1.76. The molecule has 0 N–H and O–H groups in total. The molecule has 4 rings (SSSR count). The highest BCUT2D eigenvalue weighted by molar-refractivity contribution is 7.79. The minimum Gasteiger partial charge on any atom is -0.356 e. The van der Waals surface area contributed by atoms with Gasteiger partial charge in [0.25, 0.3) is 0 Å².